The van der Waals surface area contributed by atoms with Gasteiger partial charge in [-0.05, 0) is 37.3 Å². The Kier molecular flexibility index (Phi) is 4.62. The molecule has 1 aromatic carbocycles. The van der Waals surface area contributed by atoms with Gasteiger partial charge in [0.05, 0.1) is 7.11 Å². The number of hydrogen-bond donors (Lipinski definition) is 0. The van der Waals surface area contributed by atoms with Gasteiger partial charge in [0.15, 0.2) is 11.6 Å². The summed E-state index contributed by atoms with van der Waals surface area (Å²) in [4.78, 5) is 0. The van der Waals surface area contributed by atoms with E-state index in [1.807, 2.05) is 0 Å². The number of nitrogens with zero attached hydrogens (tertiary/aromatic N) is 2. The lowest BCUT2D eigenvalue weighted by Gasteiger charge is -2.34. The monoisotopic (exact) mass is 342 g/mol. The van der Waals surface area contributed by atoms with Crippen LogP contribution >= 0.6 is 0 Å². The molecule has 0 aromatic heterocycles. The van der Waals surface area contributed by atoms with Crippen molar-refractivity contribution in [3.8, 4) is 5.75 Å². The third-order valence-corrected chi connectivity index (χ3v) is 6.80. The minimum atomic E-state index is -3.46. The first kappa shape index (κ1) is 16.7. The lowest BCUT2D eigenvalue weighted by molar-refractivity contribution is 0.286. The van der Waals surface area contributed by atoms with E-state index >= 15 is 0 Å². The van der Waals surface area contributed by atoms with Crippen LogP contribution in [0.15, 0.2) is 18.2 Å². The fourth-order valence-corrected chi connectivity index (χ4v) is 4.90. The maximum atomic E-state index is 14.5. The molecule has 1 aliphatic carbocycles. The van der Waals surface area contributed by atoms with Crippen molar-refractivity contribution in [1.82, 2.24) is 8.61 Å². The zero-order chi connectivity index (χ0) is 16.6. The van der Waals surface area contributed by atoms with Crippen LogP contribution in [0.3, 0.4) is 0 Å². The van der Waals surface area contributed by atoms with E-state index in [1.165, 1.54) is 15.7 Å². The van der Waals surface area contributed by atoms with Crippen LogP contribution in [0.2, 0.25) is 0 Å². The normalized spacial score (nSPS) is 23.2. The Morgan fingerprint density at radius 3 is 2.70 bits per heavy atom. The number of ether oxygens (including phenoxy) is 1. The van der Waals surface area contributed by atoms with Crippen LogP contribution in [0.25, 0.3) is 0 Å². The quantitative estimate of drug-likeness (QED) is 0.825. The Morgan fingerprint density at radius 2 is 2.04 bits per heavy atom. The Labute approximate surface area is 137 Å². The molecule has 1 heterocycles. The summed E-state index contributed by atoms with van der Waals surface area (Å²) in [6, 6.07) is 5.19. The molecule has 7 heteroatoms. The molecule has 2 fully saturated rings. The maximum absolute atomic E-state index is 14.5. The van der Waals surface area contributed by atoms with Crippen molar-refractivity contribution in [2.24, 2.45) is 0 Å². The second-order valence-corrected chi connectivity index (χ2v) is 8.30. The molecule has 1 unspecified atom stereocenters. The topological polar surface area (TPSA) is 49.9 Å². The number of methoxy groups -OCH3 is 1. The van der Waals surface area contributed by atoms with E-state index in [0.717, 1.165) is 25.7 Å². The average molecular weight is 342 g/mol. The molecule has 0 bridgehead atoms. The van der Waals surface area contributed by atoms with Crippen molar-refractivity contribution in [2.75, 3.05) is 27.2 Å². The van der Waals surface area contributed by atoms with Crippen molar-refractivity contribution in [3.05, 3.63) is 29.6 Å². The van der Waals surface area contributed by atoms with Gasteiger partial charge in [-0.2, -0.15) is 17.0 Å². The molecule has 0 spiro atoms. The zero-order valence-corrected chi connectivity index (χ0v) is 14.4. The van der Waals surface area contributed by atoms with Crippen molar-refractivity contribution in [3.63, 3.8) is 0 Å². The van der Waals surface area contributed by atoms with Gasteiger partial charge >= 0.3 is 0 Å². The molecule has 128 valence electrons. The molecule has 2 aliphatic rings. The summed E-state index contributed by atoms with van der Waals surface area (Å²) in [5.74, 6) is -0.311. The molecule has 3 rings (SSSR count). The van der Waals surface area contributed by atoms with Gasteiger partial charge < -0.3 is 4.74 Å². The Bertz CT molecular complexity index is 676. The Hall–Kier alpha value is -1.18. The SMILES string of the molecule is COc1cccc(C2CCCN(S(=O)(=O)N(C)C3CC3)C2)c1F. The summed E-state index contributed by atoms with van der Waals surface area (Å²) in [6.45, 7) is 0.824. The molecule has 0 N–H and O–H groups in total. The fraction of sp³-hybridized carbons (Fsp3) is 0.625. The first-order valence-electron chi connectivity index (χ1n) is 8.00. The van der Waals surface area contributed by atoms with Gasteiger partial charge in [0, 0.05) is 32.1 Å². The maximum Gasteiger partial charge on any atom is 0.281 e. The third-order valence-electron chi connectivity index (χ3n) is 4.79. The minimum absolute atomic E-state index is 0.133. The molecule has 1 saturated carbocycles. The predicted octanol–water partition coefficient (Wildman–Crippen LogP) is 2.35. The molecule has 1 saturated heterocycles. The highest BCUT2D eigenvalue weighted by Crippen LogP contribution is 2.35. The molecular weight excluding hydrogens is 319 g/mol. The zero-order valence-electron chi connectivity index (χ0n) is 13.5. The predicted molar refractivity (Wildman–Crippen MR) is 86.2 cm³/mol. The smallest absolute Gasteiger partial charge is 0.281 e. The van der Waals surface area contributed by atoms with Gasteiger partial charge in [0.2, 0.25) is 0 Å². The van der Waals surface area contributed by atoms with Crippen LogP contribution in [-0.4, -0.2) is 50.3 Å². The highest BCUT2D eigenvalue weighted by molar-refractivity contribution is 7.86. The second-order valence-electron chi connectivity index (χ2n) is 6.32. The molecule has 1 atom stereocenters. The largest absolute Gasteiger partial charge is 0.494 e. The van der Waals surface area contributed by atoms with Gasteiger partial charge in [0.25, 0.3) is 10.2 Å². The minimum Gasteiger partial charge on any atom is -0.494 e. The number of rotatable bonds is 5. The third kappa shape index (κ3) is 3.22. The number of piperidine rings is 1. The summed E-state index contributed by atoms with van der Waals surface area (Å²) >= 11 is 0. The highest BCUT2D eigenvalue weighted by Gasteiger charge is 2.39. The fourth-order valence-electron chi connectivity index (χ4n) is 3.22. The van der Waals surface area contributed by atoms with E-state index in [4.69, 9.17) is 4.74 Å². The average Bonchev–Trinajstić information content (AvgIpc) is 3.39. The number of benzene rings is 1. The van der Waals surface area contributed by atoms with Crippen LogP contribution in [0.5, 0.6) is 5.75 Å². The van der Waals surface area contributed by atoms with Gasteiger partial charge in [-0.15, -0.1) is 0 Å². The van der Waals surface area contributed by atoms with E-state index in [-0.39, 0.29) is 23.5 Å². The molecule has 1 aromatic rings. The van der Waals surface area contributed by atoms with E-state index in [0.29, 0.717) is 18.7 Å². The van der Waals surface area contributed by atoms with Crippen molar-refractivity contribution < 1.29 is 17.5 Å². The number of halogens is 1. The van der Waals surface area contributed by atoms with Crippen LogP contribution in [0, 0.1) is 5.82 Å². The van der Waals surface area contributed by atoms with Crippen LogP contribution in [0.1, 0.15) is 37.2 Å². The molecule has 0 amide bonds. The van der Waals surface area contributed by atoms with Crippen LogP contribution in [-0.2, 0) is 10.2 Å². The molecule has 1 aliphatic heterocycles. The van der Waals surface area contributed by atoms with Gasteiger partial charge in [-0.1, -0.05) is 12.1 Å². The van der Waals surface area contributed by atoms with E-state index < -0.39 is 10.2 Å². The summed E-state index contributed by atoms with van der Waals surface area (Å²) in [7, 11) is -0.379. The second kappa shape index (κ2) is 6.37. The van der Waals surface area contributed by atoms with E-state index in [2.05, 4.69) is 0 Å². The van der Waals surface area contributed by atoms with Crippen molar-refractivity contribution in [2.45, 2.75) is 37.6 Å². The summed E-state index contributed by atoms with van der Waals surface area (Å²) in [5, 5.41) is 0. The van der Waals surface area contributed by atoms with Gasteiger partial charge in [0.1, 0.15) is 0 Å². The molecular formula is C16H23FN2O3S. The Balaban J connectivity index is 1.81. The number of hydrogen-bond acceptors (Lipinski definition) is 3. The highest BCUT2D eigenvalue weighted by atomic mass is 32.2. The van der Waals surface area contributed by atoms with Crippen molar-refractivity contribution >= 4 is 10.2 Å². The summed E-state index contributed by atoms with van der Waals surface area (Å²) < 4.78 is 47.8. The van der Waals surface area contributed by atoms with Crippen LogP contribution < -0.4 is 4.74 Å². The lowest BCUT2D eigenvalue weighted by Crippen LogP contribution is -2.47. The molecule has 0 radical (unpaired) electrons. The summed E-state index contributed by atoms with van der Waals surface area (Å²) in [5.41, 5.74) is 0.540. The lowest BCUT2D eigenvalue weighted by atomic mass is 9.91. The summed E-state index contributed by atoms with van der Waals surface area (Å²) in [6.07, 6.45) is 3.37. The van der Waals surface area contributed by atoms with E-state index in [1.54, 1.807) is 25.2 Å². The molecule has 23 heavy (non-hydrogen) atoms. The first-order chi connectivity index (χ1) is 10.9. The standard InChI is InChI=1S/C16H23FN2O3S/c1-18(13-8-9-13)23(20,21)19-10-4-5-12(11-19)14-6-3-7-15(22-2)16(14)17/h3,6-7,12-13H,4-5,8-11H2,1-2H3. The van der Waals surface area contributed by atoms with Crippen molar-refractivity contribution in [1.29, 1.82) is 0 Å². The van der Waals surface area contributed by atoms with Gasteiger partial charge in [-0.25, -0.2) is 4.39 Å². The van der Waals surface area contributed by atoms with E-state index in [9.17, 15) is 12.8 Å². The van der Waals surface area contributed by atoms with Crippen LogP contribution in [0.4, 0.5) is 4.39 Å². The first-order valence-corrected chi connectivity index (χ1v) is 9.40. The van der Waals surface area contributed by atoms with Gasteiger partial charge in [-0.3, -0.25) is 0 Å². The molecule has 5 nitrogen and oxygen atoms in total. The Morgan fingerprint density at radius 1 is 1.30 bits per heavy atom.